The zero-order chi connectivity index (χ0) is 24.8. The molecule has 1 aliphatic rings. The molecular weight excluding hydrogens is 463 g/mol. The van der Waals surface area contributed by atoms with Crippen LogP contribution in [-0.4, -0.2) is 43.1 Å². The summed E-state index contributed by atoms with van der Waals surface area (Å²) < 4.78 is 13.5. The summed E-state index contributed by atoms with van der Waals surface area (Å²) in [4.78, 5) is 15.2. The Hall–Kier alpha value is -4.36. The van der Waals surface area contributed by atoms with E-state index in [1.54, 1.807) is 0 Å². The molecule has 37 heavy (non-hydrogen) atoms. The highest BCUT2D eigenvalue weighted by molar-refractivity contribution is 6.01. The molecule has 4 aromatic heterocycles. The van der Waals surface area contributed by atoms with Crippen LogP contribution in [0.4, 0.5) is 4.39 Å². The fourth-order valence-electron chi connectivity index (χ4n) is 5.36. The number of aromatic nitrogens is 5. The molecule has 0 atom stereocenters. The fraction of sp³-hybridized carbons (Fsp3) is 0.167. The first-order valence-electron chi connectivity index (χ1n) is 12.6. The van der Waals surface area contributed by atoms with Gasteiger partial charge in [-0.25, -0.2) is 9.37 Å². The lowest BCUT2D eigenvalue weighted by Crippen LogP contribution is -2.18. The summed E-state index contributed by atoms with van der Waals surface area (Å²) in [5.41, 5.74) is 8.73. The lowest BCUT2D eigenvalue weighted by atomic mass is 10.0. The number of hydrogen-bond acceptors (Lipinski definition) is 4. The third kappa shape index (κ3) is 4.07. The Morgan fingerprint density at radius 1 is 0.838 bits per heavy atom. The van der Waals surface area contributed by atoms with Crippen LogP contribution in [0.3, 0.4) is 0 Å². The van der Waals surface area contributed by atoms with Gasteiger partial charge in [0.15, 0.2) is 5.65 Å². The van der Waals surface area contributed by atoms with Gasteiger partial charge in [0.05, 0.1) is 5.69 Å². The van der Waals surface area contributed by atoms with Crippen molar-refractivity contribution >= 4 is 21.9 Å². The first kappa shape index (κ1) is 21.9. The van der Waals surface area contributed by atoms with Crippen LogP contribution in [0, 0.1) is 5.82 Å². The van der Waals surface area contributed by atoms with Crippen LogP contribution < -0.4 is 0 Å². The second-order valence-corrected chi connectivity index (χ2v) is 9.71. The standard InChI is InChI=1S/C30H25FN6/c31-23-8-6-20(7-9-23)24-4-3-5-27-25(24)14-28(34-27)29-26-13-22(17-33-30(26)36-35-29)21-12-19(15-32-16-21)18-37-10-1-2-11-37/h3-9,12-17,34H,1-2,10-11,18H2,(H,33,35,36). The average Bonchev–Trinajstić information content (AvgIpc) is 3.68. The van der Waals surface area contributed by atoms with Crippen molar-refractivity contribution in [1.29, 1.82) is 0 Å². The molecule has 7 rings (SSSR count). The van der Waals surface area contributed by atoms with Crippen molar-refractivity contribution in [3.8, 4) is 33.6 Å². The maximum absolute atomic E-state index is 13.5. The summed E-state index contributed by atoms with van der Waals surface area (Å²) in [5.74, 6) is -0.242. The number of H-pyrrole nitrogens is 2. The van der Waals surface area contributed by atoms with E-state index in [-0.39, 0.29) is 5.82 Å². The maximum atomic E-state index is 13.5. The van der Waals surface area contributed by atoms with E-state index < -0.39 is 0 Å². The summed E-state index contributed by atoms with van der Waals surface area (Å²) in [6, 6.07) is 19.2. The number of fused-ring (bicyclic) bond motifs is 2. The zero-order valence-corrected chi connectivity index (χ0v) is 20.2. The van der Waals surface area contributed by atoms with Crippen LogP contribution in [0.15, 0.2) is 79.3 Å². The molecule has 182 valence electrons. The molecule has 7 heteroatoms. The molecule has 0 bridgehead atoms. The minimum atomic E-state index is -0.242. The predicted octanol–water partition coefficient (Wildman–Crippen LogP) is 6.57. The van der Waals surface area contributed by atoms with E-state index in [1.807, 2.05) is 42.9 Å². The van der Waals surface area contributed by atoms with E-state index in [2.05, 4.69) is 54.3 Å². The molecule has 2 N–H and O–H groups in total. The van der Waals surface area contributed by atoms with E-state index in [4.69, 9.17) is 0 Å². The molecule has 1 fully saturated rings. The SMILES string of the molecule is Fc1ccc(-c2cccc3[nH]c(-c4n[nH]c5ncc(-c6cncc(CN7CCCC7)c6)cc45)cc23)cc1. The smallest absolute Gasteiger partial charge is 0.155 e. The van der Waals surface area contributed by atoms with Gasteiger partial charge < -0.3 is 4.98 Å². The molecule has 6 nitrogen and oxygen atoms in total. The predicted molar refractivity (Wildman–Crippen MR) is 144 cm³/mol. The monoisotopic (exact) mass is 488 g/mol. The van der Waals surface area contributed by atoms with Crippen molar-refractivity contribution in [3.63, 3.8) is 0 Å². The van der Waals surface area contributed by atoms with Crippen LogP contribution in [-0.2, 0) is 6.54 Å². The number of rotatable bonds is 5. The zero-order valence-electron chi connectivity index (χ0n) is 20.2. The Kier molecular flexibility index (Phi) is 5.29. The van der Waals surface area contributed by atoms with E-state index in [0.29, 0.717) is 0 Å². The number of pyridine rings is 2. The van der Waals surface area contributed by atoms with Crippen molar-refractivity contribution in [3.05, 3.63) is 90.6 Å². The molecule has 0 saturated carbocycles. The number of benzene rings is 2. The number of nitrogens with zero attached hydrogens (tertiary/aromatic N) is 4. The lowest BCUT2D eigenvalue weighted by Gasteiger charge is -2.14. The largest absolute Gasteiger partial charge is 0.353 e. The Morgan fingerprint density at radius 2 is 1.68 bits per heavy atom. The minimum Gasteiger partial charge on any atom is -0.353 e. The molecule has 0 amide bonds. The van der Waals surface area contributed by atoms with Gasteiger partial charge in [0.1, 0.15) is 11.5 Å². The molecule has 2 aromatic carbocycles. The van der Waals surface area contributed by atoms with Gasteiger partial charge in [-0.05, 0) is 79.0 Å². The molecule has 1 saturated heterocycles. The van der Waals surface area contributed by atoms with Gasteiger partial charge in [0, 0.05) is 52.6 Å². The normalized spacial score (nSPS) is 14.2. The van der Waals surface area contributed by atoms with Crippen LogP contribution in [0.5, 0.6) is 0 Å². The van der Waals surface area contributed by atoms with Crippen LogP contribution in [0.1, 0.15) is 18.4 Å². The fourth-order valence-corrected chi connectivity index (χ4v) is 5.36. The van der Waals surface area contributed by atoms with Gasteiger partial charge in [-0.3, -0.25) is 15.0 Å². The van der Waals surface area contributed by atoms with Gasteiger partial charge >= 0.3 is 0 Å². The van der Waals surface area contributed by atoms with Gasteiger partial charge in [0.2, 0.25) is 0 Å². The Morgan fingerprint density at radius 3 is 2.54 bits per heavy atom. The summed E-state index contributed by atoms with van der Waals surface area (Å²) in [7, 11) is 0. The summed E-state index contributed by atoms with van der Waals surface area (Å²) in [6.45, 7) is 3.24. The van der Waals surface area contributed by atoms with Crippen molar-refractivity contribution in [2.45, 2.75) is 19.4 Å². The highest BCUT2D eigenvalue weighted by Crippen LogP contribution is 2.35. The van der Waals surface area contributed by atoms with Gasteiger partial charge in [-0.1, -0.05) is 24.3 Å². The quantitative estimate of drug-likeness (QED) is 0.288. The van der Waals surface area contributed by atoms with Crippen LogP contribution >= 0.6 is 0 Å². The van der Waals surface area contributed by atoms with Crippen molar-refractivity contribution in [2.75, 3.05) is 13.1 Å². The van der Waals surface area contributed by atoms with E-state index >= 15 is 0 Å². The third-order valence-electron chi connectivity index (χ3n) is 7.22. The average molecular weight is 489 g/mol. The number of hydrogen-bond donors (Lipinski definition) is 2. The number of likely N-dealkylation sites (tertiary alicyclic amines) is 1. The maximum Gasteiger partial charge on any atom is 0.155 e. The second kappa shape index (κ2) is 8.94. The highest BCUT2D eigenvalue weighted by atomic mass is 19.1. The van der Waals surface area contributed by atoms with E-state index in [1.165, 1.54) is 30.5 Å². The third-order valence-corrected chi connectivity index (χ3v) is 7.22. The second-order valence-electron chi connectivity index (χ2n) is 9.71. The molecule has 0 radical (unpaired) electrons. The number of nitrogens with one attached hydrogen (secondary N) is 2. The summed E-state index contributed by atoms with van der Waals surface area (Å²) in [6.07, 6.45) is 8.28. The summed E-state index contributed by atoms with van der Waals surface area (Å²) in [5, 5.41) is 9.68. The molecular formula is C30H25FN6. The van der Waals surface area contributed by atoms with E-state index in [0.717, 1.165) is 75.2 Å². The van der Waals surface area contributed by atoms with Gasteiger partial charge in [-0.15, -0.1) is 0 Å². The van der Waals surface area contributed by atoms with Crippen LogP contribution in [0.25, 0.3) is 55.6 Å². The van der Waals surface area contributed by atoms with Crippen molar-refractivity contribution in [1.82, 2.24) is 30.0 Å². The molecule has 6 aromatic rings. The van der Waals surface area contributed by atoms with Crippen molar-refractivity contribution in [2.24, 2.45) is 0 Å². The van der Waals surface area contributed by atoms with Crippen molar-refractivity contribution < 1.29 is 4.39 Å². The first-order valence-corrected chi connectivity index (χ1v) is 12.6. The topological polar surface area (TPSA) is 73.5 Å². The molecule has 0 unspecified atom stereocenters. The Labute approximate surface area is 213 Å². The summed E-state index contributed by atoms with van der Waals surface area (Å²) >= 11 is 0. The molecule has 1 aliphatic heterocycles. The molecule has 0 spiro atoms. The Bertz CT molecular complexity index is 1730. The van der Waals surface area contributed by atoms with Gasteiger partial charge in [-0.2, -0.15) is 5.10 Å². The Balaban J connectivity index is 1.27. The lowest BCUT2D eigenvalue weighted by molar-refractivity contribution is 0.331. The molecule has 0 aliphatic carbocycles. The first-order chi connectivity index (χ1) is 18.2. The van der Waals surface area contributed by atoms with Gasteiger partial charge in [0.25, 0.3) is 0 Å². The number of halogens is 1. The number of aromatic amines is 2. The minimum absolute atomic E-state index is 0.242. The highest BCUT2D eigenvalue weighted by Gasteiger charge is 2.16. The van der Waals surface area contributed by atoms with E-state index in [9.17, 15) is 4.39 Å². The molecule has 5 heterocycles. The van der Waals surface area contributed by atoms with Crippen LogP contribution in [0.2, 0.25) is 0 Å².